The van der Waals surface area contributed by atoms with Crippen LogP contribution in [0.3, 0.4) is 0 Å². The van der Waals surface area contributed by atoms with Gasteiger partial charge in [-0.1, -0.05) is 0 Å². The zero-order valence-electron chi connectivity index (χ0n) is 11.7. The second-order valence-corrected chi connectivity index (χ2v) is 5.47. The molecule has 0 spiro atoms. The van der Waals surface area contributed by atoms with Gasteiger partial charge >= 0.3 is 0 Å². The van der Waals surface area contributed by atoms with E-state index in [1.807, 2.05) is 6.07 Å². The van der Waals surface area contributed by atoms with Crippen molar-refractivity contribution in [2.24, 2.45) is 0 Å². The summed E-state index contributed by atoms with van der Waals surface area (Å²) >= 11 is 5.54. The molecule has 1 aliphatic rings. The maximum absolute atomic E-state index is 11.5. The molecule has 0 aromatic carbocycles. The van der Waals surface area contributed by atoms with E-state index < -0.39 is 0 Å². The molecule has 1 saturated carbocycles. The summed E-state index contributed by atoms with van der Waals surface area (Å²) in [5, 5.41) is 11.7. The second kappa shape index (κ2) is 7.84. The van der Waals surface area contributed by atoms with Gasteiger partial charge in [0.05, 0.1) is 5.56 Å². The van der Waals surface area contributed by atoms with Crippen molar-refractivity contribution in [3.8, 4) is 11.9 Å². The lowest BCUT2D eigenvalue weighted by atomic mass is 9.93. The third-order valence-corrected chi connectivity index (χ3v) is 3.70. The third kappa shape index (κ3) is 4.91. The summed E-state index contributed by atoms with van der Waals surface area (Å²) in [4.78, 5) is 15.6. The van der Waals surface area contributed by atoms with Crippen molar-refractivity contribution in [1.82, 2.24) is 10.3 Å². The first kappa shape index (κ1) is 15.6. The van der Waals surface area contributed by atoms with Gasteiger partial charge in [-0.15, -0.1) is 11.6 Å². The Balaban J connectivity index is 1.76. The van der Waals surface area contributed by atoms with E-state index in [4.69, 9.17) is 21.6 Å². The standard InChI is InChI=1S/C15H18ClN3O2/c16-8-7-14(20)19-12-2-4-13(5-3-12)21-15-6-1-11(9-17)10-18-15/h1,6,10,12-13H,2-5,7-8H2,(H,19,20). The number of carbonyl (C=O) groups is 1. The molecule has 112 valence electrons. The van der Waals surface area contributed by atoms with Gasteiger partial charge in [0.2, 0.25) is 11.8 Å². The zero-order valence-corrected chi connectivity index (χ0v) is 12.5. The lowest BCUT2D eigenvalue weighted by molar-refractivity contribution is -0.121. The molecule has 1 aliphatic carbocycles. The molecular weight excluding hydrogens is 290 g/mol. The number of nitriles is 1. The molecule has 2 rings (SSSR count). The molecule has 1 aromatic heterocycles. The fourth-order valence-corrected chi connectivity index (χ4v) is 2.57. The number of ether oxygens (including phenoxy) is 1. The van der Waals surface area contributed by atoms with E-state index in [-0.39, 0.29) is 18.1 Å². The van der Waals surface area contributed by atoms with Crippen molar-refractivity contribution in [1.29, 1.82) is 5.26 Å². The molecule has 1 N–H and O–H groups in total. The molecule has 0 radical (unpaired) electrons. The molecule has 5 nitrogen and oxygen atoms in total. The summed E-state index contributed by atoms with van der Waals surface area (Å²) in [5.41, 5.74) is 0.521. The van der Waals surface area contributed by atoms with Gasteiger partial charge in [0.25, 0.3) is 0 Å². The van der Waals surface area contributed by atoms with Gasteiger partial charge in [0.15, 0.2) is 0 Å². The van der Waals surface area contributed by atoms with Crippen molar-refractivity contribution in [2.45, 2.75) is 44.2 Å². The average molecular weight is 308 g/mol. The average Bonchev–Trinajstić information content (AvgIpc) is 2.50. The van der Waals surface area contributed by atoms with Crippen LogP contribution in [0.15, 0.2) is 18.3 Å². The van der Waals surface area contributed by atoms with Gasteiger partial charge in [-0.05, 0) is 31.7 Å². The fraction of sp³-hybridized carbons (Fsp3) is 0.533. The summed E-state index contributed by atoms with van der Waals surface area (Å²) in [6.45, 7) is 0. The van der Waals surface area contributed by atoms with E-state index in [1.54, 1.807) is 12.1 Å². The number of carbonyl (C=O) groups excluding carboxylic acids is 1. The van der Waals surface area contributed by atoms with Crippen LogP contribution in [0.25, 0.3) is 0 Å². The van der Waals surface area contributed by atoms with Crippen molar-refractivity contribution >= 4 is 17.5 Å². The van der Waals surface area contributed by atoms with Crippen molar-refractivity contribution in [2.75, 3.05) is 5.88 Å². The molecule has 0 bridgehead atoms. The largest absolute Gasteiger partial charge is 0.474 e. The van der Waals surface area contributed by atoms with Crippen LogP contribution in [0.4, 0.5) is 0 Å². The first-order valence-electron chi connectivity index (χ1n) is 7.09. The highest BCUT2D eigenvalue weighted by atomic mass is 35.5. The summed E-state index contributed by atoms with van der Waals surface area (Å²) in [5.74, 6) is 0.918. The second-order valence-electron chi connectivity index (χ2n) is 5.09. The quantitative estimate of drug-likeness (QED) is 0.848. The number of nitrogens with zero attached hydrogens (tertiary/aromatic N) is 2. The molecule has 0 unspecified atom stereocenters. The van der Waals surface area contributed by atoms with Crippen LogP contribution in [0, 0.1) is 11.3 Å². The number of hydrogen-bond donors (Lipinski definition) is 1. The summed E-state index contributed by atoms with van der Waals surface area (Å²) in [6, 6.07) is 5.65. The molecule has 1 aromatic rings. The van der Waals surface area contributed by atoms with Crippen molar-refractivity contribution < 1.29 is 9.53 Å². The highest BCUT2D eigenvalue weighted by molar-refractivity contribution is 6.18. The Morgan fingerprint density at radius 3 is 2.76 bits per heavy atom. The topological polar surface area (TPSA) is 75.0 Å². The van der Waals surface area contributed by atoms with Gasteiger partial charge in [-0.3, -0.25) is 4.79 Å². The van der Waals surface area contributed by atoms with Crippen LogP contribution in [0.1, 0.15) is 37.7 Å². The molecule has 1 amide bonds. The Kier molecular flexibility index (Phi) is 5.82. The van der Waals surface area contributed by atoms with Gasteiger partial charge in [0.1, 0.15) is 12.2 Å². The minimum Gasteiger partial charge on any atom is -0.474 e. The first-order valence-corrected chi connectivity index (χ1v) is 7.63. The minimum absolute atomic E-state index is 0.0168. The number of amides is 1. The number of aromatic nitrogens is 1. The Morgan fingerprint density at radius 1 is 1.43 bits per heavy atom. The monoisotopic (exact) mass is 307 g/mol. The number of rotatable bonds is 5. The number of nitrogens with one attached hydrogen (secondary N) is 1. The molecule has 21 heavy (non-hydrogen) atoms. The summed E-state index contributed by atoms with van der Waals surface area (Å²) in [7, 11) is 0. The Morgan fingerprint density at radius 2 is 2.19 bits per heavy atom. The highest BCUT2D eigenvalue weighted by Crippen LogP contribution is 2.23. The van der Waals surface area contributed by atoms with Crippen LogP contribution >= 0.6 is 11.6 Å². The third-order valence-electron chi connectivity index (χ3n) is 3.51. The Labute approximate surface area is 129 Å². The maximum atomic E-state index is 11.5. The zero-order chi connectivity index (χ0) is 15.1. The van der Waals surface area contributed by atoms with Gasteiger partial charge < -0.3 is 10.1 Å². The molecule has 0 aliphatic heterocycles. The summed E-state index contributed by atoms with van der Waals surface area (Å²) < 4.78 is 5.80. The van der Waals surface area contributed by atoms with E-state index in [1.165, 1.54) is 6.20 Å². The van der Waals surface area contributed by atoms with Crippen LogP contribution < -0.4 is 10.1 Å². The highest BCUT2D eigenvalue weighted by Gasteiger charge is 2.23. The smallest absolute Gasteiger partial charge is 0.221 e. The molecule has 0 atom stereocenters. The normalized spacial score (nSPS) is 21.3. The summed E-state index contributed by atoms with van der Waals surface area (Å²) in [6.07, 6.45) is 5.55. The maximum Gasteiger partial charge on any atom is 0.221 e. The predicted molar refractivity (Wildman–Crippen MR) is 79.1 cm³/mol. The molecule has 6 heteroatoms. The minimum atomic E-state index is 0.0168. The molecule has 1 fully saturated rings. The number of hydrogen-bond acceptors (Lipinski definition) is 4. The molecular formula is C15H18ClN3O2. The van der Waals surface area contributed by atoms with Gasteiger partial charge in [-0.25, -0.2) is 4.98 Å². The fourth-order valence-electron chi connectivity index (χ4n) is 2.40. The lowest BCUT2D eigenvalue weighted by Gasteiger charge is -2.29. The first-order chi connectivity index (χ1) is 10.2. The predicted octanol–water partition coefficient (Wildman–Crippen LogP) is 2.39. The van der Waals surface area contributed by atoms with E-state index >= 15 is 0 Å². The van der Waals surface area contributed by atoms with E-state index in [0.29, 0.717) is 23.7 Å². The molecule has 0 saturated heterocycles. The van der Waals surface area contributed by atoms with Gasteiger partial charge in [0, 0.05) is 30.6 Å². The van der Waals surface area contributed by atoms with E-state index in [2.05, 4.69) is 10.3 Å². The van der Waals surface area contributed by atoms with Crippen LogP contribution in [0.5, 0.6) is 5.88 Å². The Hall–Kier alpha value is -1.80. The number of halogens is 1. The SMILES string of the molecule is N#Cc1ccc(OC2CCC(NC(=O)CCCl)CC2)nc1. The Bertz CT molecular complexity index is 505. The van der Waals surface area contributed by atoms with Crippen LogP contribution in [0.2, 0.25) is 0 Å². The van der Waals surface area contributed by atoms with E-state index in [0.717, 1.165) is 25.7 Å². The van der Waals surface area contributed by atoms with Crippen molar-refractivity contribution in [3.05, 3.63) is 23.9 Å². The van der Waals surface area contributed by atoms with Crippen LogP contribution in [-0.4, -0.2) is 28.9 Å². The van der Waals surface area contributed by atoms with Gasteiger partial charge in [-0.2, -0.15) is 5.26 Å². The number of alkyl halides is 1. The van der Waals surface area contributed by atoms with E-state index in [9.17, 15) is 4.79 Å². The molecule has 1 heterocycles. The lowest BCUT2D eigenvalue weighted by Crippen LogP contribution is -2.39. The van der Waals surface area contributed by atoms with Crippen LogP contribution in [-0.2, 0) is 4.79 Å². The number of pyridine rings is 1. The van der Waals surface area contributed by atoms with Crippen molar-refractivity contribution in [3.63, 3.8) is 0 Å².